The first kappa shape index (κ1) is 18.7. The lowest BCUT2D eigenvalue weighted by atomic mass is 10.2. The molecule has 6 nitrogen and oxygen atoms in total. The Morgan fingerprint density at radius 2 is 2.17 bits per heavy atom. The third-order valence-corrected chi connectivity index (χ3v) is 5.99. The highest BCUT2D eigenvalue weighted by molar-refractivity contribution is 9.10. The van der Waals surface area contributed by atoms with E-state index in [0.717, 1.165) is 10.0 Å². The third-order valence-electron chi connectivity index (χ3n) is 3.75. The van der Waals surface area contributed by atoms with Gasteiger partial charge in [0.25, 0.3) is 5.91 Å². The highest BCUT2D eigenvalue weighted by Crippen LogP contribution is 2.16. The van der Waals surface area contributed by atoms with E-state index in [2.05, 4.69) is 15.9 Å². The number of sulfone groups is 1. The lowest BCUT2D eigenvalue weighted by molar-refractivity contribution is -0.148. The van der Waals surface area contributed by atoms with E-state index in [1.807, 2.05) is 24.3 Å². The maximum atomic E-state index is 12.0. The number of rotatable bonds is 5. The van der Waals surface area contributed by atoms with Gasteiger partial charge in [0, 0.05) is 23.6 Å². The molecule has 1 atom stereocenters. The second kappa shape index (κ2) is 7.94. The van der Waals surface area contributed by atoms with Crippen LogP contribution in [-0.4, -0.2) is 56.4 Å². The molecule has 0 spiro atoms. The van der Waals surface area contributed by atoms with Crippen LogP contribution < -0.4 is 0 Å². The van der Waals surface area contributed by atoms with Gasteiger partial charge in [-0.15, -0.1) is 0 Å². The first-order valence-electron chi connectivity index (χ1n) is 7.33. The van der Waals surface area contributed by atoms with Crippen LogP contribution in [0.15, 0.2) is 34.8 Å². The molecule has 0 saturated carbocycles. The van der Waals surface area contributed by atoms with Crippen LogP contribution in [0.4, 0.5) is 0 Å². The molecule has 1 aromatic rings. The van der Waals surface area contributed by atoms with E-state index in [4.69, 9.17) is 4.74 Å². The Bertz CT molecular complexity index is 759. The van der Waals surface area contributed by atoms with Gasteiger partial charge in [0.2, 0.25) is 0 Å². The topological polar surface area (TPSA) is 80.8 Å². The van der Waals surface area contributed by atoms with Crippen molar-refractivity contribution in [2.24, 2.45) is 0 Å². The maximum absolute atomic E-state index is 12.0. The van der Waals surface area contributed by atoms with E-state index in [1.165, 1.54) is 18.0 Å². The summed E-state index contributed by atoms with van der Waals surface area (Å²) in [6.07, 6.45) is 3.25. The third kappa shape index (κ3) is 5.45. The highest BCUT2D eigenvalue weighted by Gasteiger charge is 2.32. The summed E-state index contributed by atoms with van der Waals surface area (Å²) in [5.74, 6) is -0.992. The monoisotopic (exact) mass is 415 g/mol. The summed E-state index contributed by atoms with van der Waals surface area (Å²) in [5, 5.41) is 0. The van der Waals surface area contributed by atoms with Crippen LogP contribution in [0, 0.1) is 0 Å². The van der Waals surface area contributed by atoms with Crippen molar-refractivity contribution < 1.29 is 22.7 Å². The average Bonchev–Trinajstić information content (AvgIpc) is 2.90. The Balaban J connectivity index is 1.82. The molecular formula is C16H18BrNO5S. The fourth-order valence-electron chi connectivity index (χ4n) is 2.34. The molecule has 0 bridgehead atoms. The molecule has 1 aromatic carbocycles. The zero-order chi connectivity index (χ0) is 17.7. The minimum atomic E-state index is -3.06. The number of likely N-dealkylation sites (N-methyl/N-ethyl adjacent to an activating group) is 1. The normalized spacial score (nSPS) is 19.3. The number of carbonyl (C=O) groups excluding carboxylic acids is 2. The summed E-state index contributed by atoms with van der Waals surface area (Å²) in [4.78, 5) is 25.0. The van der Waals surface area contributed by atoms with Gasteiger partial charge >= 0.3 is 5.97 Å². The molecule has 0 N–H and O–H groups in total. The predicted molar refractivity (Wildman–Crippen MR) is 94.0 cm³/mol. The summed E-state index contributed by atoms with van der Waals surface area (Å²) in [6.45, 7) is -0.408. The Labute approximate surface area is 149 Å². The number of hydrogen-bond donors (Lipinski definition) is 0. The number of benzene rings is 1. The minimum Gasteiger partial charge on any atom is -0.452 e. The molecule has 24 heavy (non-hydrogen) atoms. The van der Waals surface area contributed by atoms with Crippen molar-refractivity contribution in [3.63, 3.8) is 0 Å². The van der Waals surface area contributed by atoms with Gasteiger partial charge in [0.1, 0.15) is 0 Å². The number of hydrogen-bond acceptors (Lipinski definition) is 5. The van der Waals surface area contributed by atoms with E-state index >= 15 is 0 Å². The second-order valence-corrected chi connectivity index (χ2v) is 8.70. The van der Waals surface area contributed by atoms with Crippen LogP contribution >= 0.6 is 15.9 Å². The zero-order valence-corrected chi connectivity index (χ0v) is 15.5. The van der Waals surface area contributed by atoms with Crippen LogP contribution in [0.5, 0.6) is 0 Å². The molecule has 0 radical (unpaired) electrons. The van der Waals surface area contributed by atoms with Crippen LogP contribution in [0.2, 0.25) is 0 Å². The molecule has 1 fully saturated rings. The van der Waals surface area contributed by atoms with Crippen LogP contribution in [0.25, 0.3) is 6.08 Å². The van der Waals surface area contributed by atoms with E-state index in [0.29, 0.717) is 6.42 Å². The Morgan fingerprint density at radius 1 is 1.42 bits per heavy atom. The predicted octanol–water partition coefficient (Wildman–Crippen LogP) is 1.65. The van der Waals surface area contributed by atoms with Crippen LogP contribution in [0.1, 0.15) is 12.0 Å². The van der Waals surface area contributed by atoms with E-state index < -0.39 is 28.3 Å². The fourth-order valence-corrected chi connectivity index (χ4v) is 4.53. The molecule has 0 aromatic heterocycles. The average molecular weight is 416 g/mol. The lowest BCUT2D eigenvalue weighted by Gasteiger charge is -2.22. The summed E-state index contributed by atoms with van der Waals surface area (Å²) >= 11 is 3.33. The summed E-state index contributed by atoms with van der Waals surface area (Å²) in [5.41, 5.74) is 0.820. The van der Waals surface area contributed by atoms with Gasteiger partial charge in [0.05, 0.1) is 11.5 Å². The Morgan fingerprint density at radius 3 is 2.79 bits per heavy atom. The van der Waals surface area contributed by atoms with Gasteiger partial charge < -0.3 is 9.64 Å². The van der Waals surface area contributed by atoms with Crippen LogP contribution in [0.3, 0.4) is 0 Å². The Kier molecular flexibility index (Phi) is 6.17. The second-order valence-electron chi connectivity index (χ2n) is 5.56. The zero-order valence-electron chi connectivity index (χ0n) is 13.1. The lowest BCUT2D eigenvalue weighted by Crippen LogP contribution is -2.40. The van der Waals surface area contributed by atoms with E-state index in [9.17, 15) is 18.0 Å². The number of carbonyl (C=O) groups is 2. The fraction of sp³-hybridized carbons (Fsp3) is 0.375. The molecule has 0 aliphatic carbocycles. The smallest absolute Gasteiger partial charge is 0.331 e. The SMILES string of the molecule is CN(C(=O)COC(=O)C=Cc1cccc(Br)c1)C1CCS(=O)(=O)C1. The summed E-state index contributed by atoms with van der Waals surface area (Å²) in [7, 11) is -1.54. The molecule has 1 unspecified atom stereocenters. The maximum Gasteiger partial charge on any atom is 0.331 e. The first-order chi connectivity index (χ1) is 11.3. The van der Waals surface area contributed by atoms with Gasteiger partial charge in [0.15, 0.2) is 16.4 Å². The summed E-state index contributed by atoms with van der Waals surface area (Å²) in [6, 6.07) is 7.02. The molecular weight excluding hydrogens is 398 g/mol. The van der Waals surface area contributed by atoms with E-state index in [-0.39, 0.29) is 17.5 Å². The number of halogens is 1. The van der Waals surface area contributed by atoms with Crippen molar-refractivity contribution in [3.8, 4) is 0 Å². The van der Waals surface area contributed by atoms with Gasteiger partial charge in [-0.05, 0) is 30.2 Å². The number of amides is 1. The standard InChI is InChI=1S/C16H18BrNO5S/c1-18(14-7-8-24(21,22)11-14)15(19)10-23-16(20)6-5-12-3-2-4-13(17)9-12/h2-6,9,14H,7-8,10-11H2,1H3. The molecule has 1 saturated heterocycles. The Hall–Kier alpha value is -1.67. The van der Waals surface area contributed by atoms with Crippen molar-refractivity contribution in [1.82, 2.24) is 4.90 Å². The largest absolute Gasteiger partial charge is 0.452 e. The number of esters is 1. The van der Waals surface area contributed by atoms with Crippen LogP contribution in [-0.2, 0) is 24.2 Å². The minimum absolute atomic E-state index is 0.0357. The van der Waals surface area contributed by atoms with Gasteiger partial charge in [-0.3, -0.25) is 4.79 Å². The first-order valence-corrected chi connectivity index (χ1v) is 9.95. The number of nitrogens with zero attached hydrogens (tertiary/aromatic N) is 1. The van der Waals surface area contributed by atoms with Crippen molar-refractivity contribution in [3.05, 3.63) is 40.4 Å². The molecule has 8 heteroatoms. The molecule has 2 rings (SSSR count). The van der Waals surface area contributed by atoms with Gasteiger partial charge in [-0.2, -0.15) is 0 Å². The number of ether oxygens (including phenoxy) is 1. The molecule has 1 amide bonds. The van der Waals surface area contributed by atoms with Gasteiger partial charge in [-0.25, -0.2) is 13.2 Å². The molecule has 130 valence electrons. The van der Waals surface area contributed by atoms with Crippen molar-refractivity contribution >= 4 is 43.7 Å². The van der Waals surface area contributed by atoms with Gasteiger partial charge in [-0.1, -0.05) is 28.1 Å². The van der Waals surface area contributed by atoms with Crippen molar-refractivity contribution in [2.45, 2.75) is 12.5 Å². The summed E-state index contributed by atoms with van der Waals surface area (Å²) < 4.78 is 28.7. The van der Waals surface area contributed by atoms with Crippen molar-refractivity contribution in [1.29, 1.82) is 0 Å². The molecule has 1 aliphatic heterocycles. The molecule has 1 aliphatic rings. The van der Waals surface area contributed by atoms with E-state index in [1.54, 1.807) is 6.08 Å². The quantitative estimate of drug-likeness (QED) is 0.539. The molecule has 1 heterocycles. The van der Waals surface area contributed by atoms with Crippen molar-refractivity contribution in [2.75, 3.05) is 25.2 Å². The highest BCUT2D eigenvalue weighted by atomic mass is 79.9.